The van der Waals surface area contributed by atoms with Gasteiger partial charge in [-0.2, -0.15) is 5.10 Å². The van der Waals surface area contributed by atoms with Crippen LogP contribution in [0.5, 0.6) is 0 Å². The van der Waals surface area contributed by atoms with Gasteiger partial charge < -0.3 is 11.1 Å². The number of hydrogen-bond acceptors (Lipinski definition) is 5. The molecule has 6 N–H and O–H groups in total. The lowest BCUT2D eigenvalue weighted by atomic mass is 10.1. The molecule has 1 rings (SSSR count). The number of sulfonamides is 1. The molecule has 0 aliphatic rings. The Balaban J connectivity index is 2.55. The van der Waals surface area contributed by atoms with Crippen LogP contribution in [0.4, 0.5) is 5.69 Å². The van der Waals surface area contributed by atoms with Crippen molar-refractivity contribution in [2.24, 2.45) is 5.14 Å². The molecule has 1 amide bonds. The number of anilines is 1. The zero-order valence-electron chi connectivity index (χ0n) is 10.9. The lowest BCUT2D eigenvalue weighted by Gasteiger charge is -2.04. The van der Waals surface area contributed by atoms with Crippen LogP contribution in [-0.4, -0.2) is 36.8 Å². The van der Waals surface area contributed by atoms with Crippen molar-refractivity contribution < 1.29 is 13.2 Å². The second-order valence-corrected chi connectivity index (χ2v) is 6.26. The minimum absolute atomic E-state index is 0.124. The molecule has 9 heteroatoms. The van der Waals surface area contributed by atoms with Crippen LogP contribution in [0.2, 0.25) is 0 Å². The first kappa shape index (κ1) is 15.4. The van der Waals surface area contributed by atoms with E-state index in [4.69, 9.17) is 10.9 Å². The van der Waals surface area contributed by atoms with Gasteiger partial charge in [0, 0.05) is 6.54 Å². The number of nitrogens with two attached hydrogens (primary N) is 2. The van der Waals surface area contributed by atoms with Gasteiger partial charge in [0.2, 0.25) is 10.0 Å². The fourth-order valence-electron chi connectivity index (χ4n) is 1.54. The van der Waals surface area contributed by atoms with Gasteiger partial charge in [-0.05, 0) is 12.3 Å². The van der Waals surface area contributed by atoms with E-state index in [0.29, 0.717) is 11.4 Å². The Morgan fingerprint density at radius 1 is 1.47 bits per heavy atom. The Kier molecular flexibility index (Phi) is 4.90. The summed E-state index contributed by atoms with van der Waals surface area (Å²) in [5.74, 6) is -0.480. The predicted octanol–water partition coefficient (Wildman–Crippen LogP) is -0.476. The van der Waals surface area contributed by atoms with Crippen molar-refractivity contribution >= 4 is 21.6 Å². The molecule has 19 heavy (non-hydrogen) atoms. The summed E-state index contributed by atoms with van der Waals surface area (Å²) >= 11 is 0. The molecule has 0 spiro atoms. The molecule has 0 saturated carbocycles. The molecule has 0 aromatic carbocycles. The predicted molar refractivity (Wildman–Crippen MR) is 72.0 cm³/mol. The molecule has 0 fully saturated rings. The van der Waals surface area contributed by atoms with E-state index in [1.54, 1.807) is 0 Å². The van der Waals surface area contributed by atoms with E-state index in [-0.39, 0.29) is 30.3 Å². The maximum atomic E-state index is 11.8. The maximum absolute atomic E-state index is 11.8. The van der Waals surface area contributed by atoms with Crippen LogP contribution >= 0.6 is 0 Å². The van der Waals surface area contributed by atoms with Gasteiger partial charge in [-0.1, -0.05) is 13.8 Å². The largest absolute Gasteiger partial charge is 0.395 e. The fourth-order valence-corrected chi connectivity index (χ4v) is 2.08. The third-order valence-electron chi connectivity index (χ3n) is 2.52. The molecule has 0 unspecified atom stereocenters. The van der Waals surface area contributed by atoms with Gasteiger partial charge in [0.15, 0.2) is 5.69 Å². The Bertz CT molecular complexity index is 550. The average molecular weight is 289 g/mol. The molecule has 0 radical (unpaired) electrons. The van der Waals surface area contributed by atoms with Crippen molar-refractivity contribution in [1.29, 1.82) is 0 Å². The highest BCUT2D eigenvalue weighted by molar-refractivity contribution is 7.89. The fraction of sp³-hybridized carbons (Fsp3) is 0.600. The minimum Gasteiger partial charge on any atom is -0.395 e. The highest BCUT2D eigenvalue weighted by Gasteiger charge is 2.18. The number of rotatable bonds is 6. The Morgan fingerprint density at radius 2 is 2.11 bits per heavy atom. The smallest absolute Gasteiger partial charge is 0.273 e. The first-order chi connectivity index (χ1) is 8.72. The molecule has 0 aliphatic carbocycles. The summed E-state index contributed by atoms with van der Waals surface area (Å²) in [5, 5.41) is 14.0. The molecule has 8 nitrogen and oxygen atoms in total. The van der Waals surface area contributed by atoms with Gasteiger partial charge in [0.05, 0.1) is 17.1 Å². The summed E-state index contributed by atoms with van der Waals surface area (Å²) < 4.78 is 21.4. The van der Waals surface area contributed by atoms with Crippen LogP contribution in [0.25, 0.3) is 0 Å². The van der Waals surface area contributed by atoms with Crippen LogP contribution in [0.3, 0.4) is 0 Å². The lowest BCUT2D eigenvalue weighted by Crippen LogP contribution is -2.28. The highest BCUT2D eigenvalue weighted by Crippen LogP contribution is 2.21. The van der Waals surface area contributed by atoms with E-state index in [1.807, 2.05) is 13.8 Å². The standard InChI is InChI=1S/C10H19N5O3S/c1-6(2)8-7(11)9(15-14-8)10(16)13-4-3-5-19(12,17)18/h6H,3-5,11H2,1-2H3,(H,13,16)(H,14,15)(H2,12,17,18). The molecular formula is C10H19N5O3S. The number of nitrogens with zero attached hydrogens (tertiary/aromatic N) is 1. The SMILES string of the molecule is CC(C)c1[nH]nc(C(=O)NCCCS(N)(=O)=O)c1N. The van der Waals surface area contributed by atoms with Crippen molar-refractivity contribution in [3.05, 3.63) is 11.4 Å². The third-order valence-corrected chi connectivity index (χ3v) is 3.37. The van der Waals surface area contributed by atoms with Crippen LogP contribution in [0.1, 0.15) is 42.4 Å². The van der Waals surface area contributed by atoms with E-state index < -0.39 is 15.9 Å². The number of aromatic nitrogens is 2. The molecule has 0 bridgehead atoms. The summed E-state index contributed by atoms with van der Waals surface area (Å²) in [6.07, 6.45) is 0.242. The molecule has 1 aromatic rings. The molecule has 0 saturated heterocycles. The van der Waals surface area contributed by atoms with E-state index in [2.05, 4.69) is 15.5 Å². The third kappa shape index (κ3) is 4.52. The van der Waals surface area contributed by atoms with Crippen molar-refractivity contribution in [2.45, 2.75) is 26.2 Å². The zero-order valence-corrected chi connectivity index (χ0v) is 11.8. The number of aromatic amines is 1. The second kappa shape index (κ2) is 6.02. The van der Waals surface area contributed by atoms with Gasteiger partial charge in [-0.3, -0.25) is 9.89 Å². The van der Waals surface area contributed by atoms with Gasteiger partial charge in [0.1, 0.15) is 0 Å². The number of carbonyl (C=O) groups excluding carboxylic acids is 1. The van der Waals surface area contributed by atoms with Crippen molar-refractivity contribution in [3.8, 4) is 0 Å². The average Bonchev–Trinajstić information content (AvgIpc) is 2.65. The van der Waals surface area contributed by atoms with Gasteiger partial charge in [-0.15, -0.1) is 0 Å². The summed E-state index contributed by atoms with van der Waals surface area (Å²) in [6.45, 7) is 4.05. The number of nitrogen functional groups attached to an aromatic ring is 1. The summed E-state index contributed by atoms with van der Waals surface area (Å²) in [4.78, 5) is 11.8. The minimum atomic E-state index is -3.50. The highest BCUT2D eigenvalue weighted by atomic mass is 32.2. The second-order valence-electron chi connectivity index (χ2n) is 4.53. The number of hydrogen-bond donors (Lipinski definition) is 4. The van der Waals surface area contributed by atoms with Crippen LogP contribution in [0, 0.1) is 0 Å². The molecule has 1 heterocycles. The first-order valence-corrected chi connectivity index (χ1v) is 7.56. The maximum Gasteiger partial charge on any atom is 0.273 e. The van der Waals surface area contributed by atoms with Crippen LogP contribution in [-0.2, 0) is 10.0 Å². The van der Waals surface area contributed by atoms with Crippen LogP contribution < -0.4 is 16.2 Å². The number of primary sulfonamides is 1. The van der Waals surface area contributed by atoms with E-state index >= 15 is 0 Å². The molecule has 1 aromatic heterocycles. The van der Waals surface area contributed by atoms with Gasteiger partial charge in [-0.25, -0.2) is 13.6 Å². The van der Waals surface area contributed by atoms with Crippen molar-refractivity contribution in [2.75, 3.05) is 18.0 Å². The summed E-state index contributed by atoms with van der Waals surface area (Å²) in [5.41, 5.74) is 6.95. The summed E-state index contributed by atoms with van der Waals surface area (Å²) in [7, 11) is -3.50. The Morgan fingerprint density at radius 3 is 2.58 bits per heavy atom. The topological polar surface area (TPSA) is 144 Å². The Hall–Kier alpha value is -1.61. The number of nitrogens with one attached hydrogen (secondary N) is 2. The monoisotopic (exact) mass is 289 g/mol. The van der Waals surface area contributed by atoms with E-state index in [9.17, 15) is 13.2 Å². The number of H-pyrrole nitrogens is 1. The number of amides is 1. The number of carbonyl (C=O) groups is 1. The van der Waals surface area contributed by atoms with Gasteiger partial charge in [0.25, 0.3) is 5.91 Å². The Labute approximate surface area is 112 Å². The first-order valence-electron chi connectivity index (χ1n) is 5.84. The molecule has 0 aliphatic heterocycles. The normalized spacial score (nSPS) is 11.8. The molecular weight excluding hydrogens is 270 g/mol. The molecule has 0 atom stereocenters. The lowest BCUT2D eigenvalue weighted by molar-refractivity contribution is 0.0949. The van der Waals surface area contributed by atoms with E-state index in [0.717, 1.165) is 0 Å². The zero-order chi connectivity index (χ0) is 14.6. The quantitative estimate of drug-likeness (QED) is 0.523. The van der Waals surface area contributed by atoms with Crippen molar-refractivity contribution in [3.63, 3.8) is 0 Å². The summed E-state index contributed by atoms with van der Waals surface area (Å²) in [6, 6.07) is 0. The molecule has 108 valence electrons. The van der Waals surface area contributed by atoms with Crippen LogP contribution in [0.15, 0.2) is 0 Å². The van der Waals surface area contributed by atoms with Gasteiger partial charge >= 0.3 is 0 Å². The van der Waals surface area contributed by atoms with E-state index in [1.165, 1.54) is 0 Å². The van der Waals surface area contributed by atoms with Crippen molar-refractivity contribution in [1.82, 2.24) is 15.5 Å².